The van der Waals surface area contributed by atoms with Gasteiger partial charge in [-0.15, -0.1) is 0 Å². The van der Waals surface area contributed by atoms with Gasteiger partial charge in [-0.25, -0.2) is 4.79 Å². The molecule has 1 aliphatic rings. The molecule has 6 nitrogen and oxygen atoms in total. The first kappa shape index (κ1) is 15.3. The molecule has 1 aliphatic carbocycles. The predicted molar refractivity (Wildman–Crippen MR) is 77.9 cm³/mol. The number of pyridine rings is 1. The Labute approximate surface area is 124 Å². The number of rotatable bonds is 6. The average Bonchev–Trinajstić information content (AvgIpc) is 2.87. The third-order valence-corrected chi connectivity index (χ3v) is 3.88. The minimum Gasteiger partial charge on any atom is -0.481 e. The van der Waals surface area contributed by atoms with E-state index in [-0.39, 0.29) is 12.5 Å². The highest BCUT2D eigenvalue weighted by molar-refractivity contribution is 5.76. The molecule has 0 aromatic carbocycles. The molecule has 1 aromatic heterocycles. The van der Waals surface area contributed by atoms with Crippen LogP contribution < -0.4 is 10.6 Å². The van der Waals surface area contributed by atoms with Gasteiger partial charge in [-0.05, 0) is 37.0 Å². The summed E-state index contributed by atoms with van der Waals surface area (Å²) in [7, 11) is 0. The quantitative estimate of drug-likeness (QED) is 0.744. The van der Waals surface area contributed by atoms with Gasteiger partial charge >= 0.3 is 12.0 Å². The van der Waals surface area contributed by atoms with Crippen molar-refractivity contribution in [3.05, 3.63) is 30.1 Å². The minimum atomic E-state index is -0.867. The van der Waals surface area contributed by atoms with Crippen LogP contribution in [0.4, 0.5) is 4.79 Å². The number of nitrogens with one attached hydrogen (secondary N) is 2. The largest absolute Gasteiger partial charge is 0.481 e. The molecule has 1 fully saturated rings. The molecule has 0 atom stereocenters. The Morgan fingerprint density at radius 2 is 1.90 bits per heavy atom. The number of carbonyl (C=O) groups excluding carboxylic acids is 1. The maximum Gasteiger partial charge on any atom is 0.315 e. The fourth-order valence-electron chi connectivity index (χ4n) is 2.84. The van der Waals surface area contributed by atoms with Crippen LogP contribution in [0.2, 0.25) is 0 Å². The standard InChI is InChI=1S/C15H21N3O3/c19-13(20)11-15(6-1-2-7-15)18-14(21)17-10-5-12-3-8-16-9-4-12/h3-4,8-9H,1-2,5-7,10-11H2,(H,19,20)(H2,17,18,21). The van der Waals surface area contributed by atoms with E-state index in [2.05, 4.69) is 15.6 Å². The van der Waals surface area contributed by atoms with Gasteiger partial charge in [0.05, 0.1) is 12.0 Å². The van der Waals surface area contributed by atoms with E-state index in [9.17, 15) is 9.59 Å². The first-order valence-electron chi connectivity index (χ1n) is 7.26. The molecule has 0 spiro atoms. The summed E-state index contributed by atoms with van der Waals surface area (Å²) in [5.74, 6) is -0.867. The lowest BCUT2D eigenvalue weighted by molar-refractivity contribution is -0.138. The van der Waals surface area contributed by atoms with Crippen molar-refractivity contribution in [2.24, 2.45) is 0 Å². The summed E-state index contributed by atoms with van der Waals surface area (Å²) in [5, 5.41) is 14.7. The molecule has 0 aliphatic heterocycles. The van der Waals surface area contributed by atoms with Crippen LogP contribution in [0, 0.1) is 0 Å². The molecule has 6 heteroatoms. The second kappa shape index (κ2) is 7.06. The fraction of sp³-hybridized carbons (Fsp3) is 0.533. The summed E-state index contributed by atoms with van der Waals surface area (Å²) >= 11 is 0. The number of carboxylic acid groups (broad SMARTS) is 1. The lowest BCUT2D eigenvalue weighted by Gasteiger charge is -2.28. The van der Waals surface area contributed by atoms with Gasteiger partial charge in [0, 0.05) is 18.9 Å². The Balaban J connectivity index is 1.78. The van der Waals surface area contributed by atoms with Crippen LogP contribution in [0.1, 0.15) is 37.7 Å². The highest BCUT2D eigenvalue weighted by Crippen LogP contribution is 2.32. The number of amides is 2. The van der Waals surface area contributed by atoms with E-state index in [1.54, 1.807) is 12.4 Å². The van der Waals surface area contributed by atoms with Crippen molar-refractivity contribution in [1.82, 2.24) is 15.6 Å². The number of aliphatic carboxylic acids is 1. The molecule has 2 amide bonds. The summed E-state index contributed by atoms with van der Waals surface area (Å²) in [6.45, 7) is 0.513. The molecule has 2 rings (SSSR count). The Hall–Kier alpha value is -2.11. The Morgan fingerprint density at radius 3 is 2.52 bits per heavy atom. The Bertz CT molecular complexity index is 484. The summed E-state index contributed by atoms with van der Waals surface area (Å²) in [6.07, 6.45) is 7.54. The topological polar surface area (TPSA) is 91.3 Å². The van der Waals surface area contributed by atoms with Crippen LogP contribution in [0.5, 0.6) is 0 Å². The molecule has 3 N–H and O–H groups in total. The zero-order valence-electron chi connectivity index (χ0n) is 12.0. The van der Waals surface area contributed by atoms with Crippen LogP contribution >= 0.6 is 0 Å². The van der Waals surface area contributed by atoms with Crippen molar-refractivity contribution >= 4 is 12.0 Å². The second-order valence-electron chi connectivity index (χ2n) is 5.54. The molecular formula is C15H21N3O3. The van der Waals surface area contributed by atoms with Crippen LogP contribution in [0.15, 0.2) is 24.5 Å². The SMILES string of the molecule is O=C(O)CC1(NC(=O)NCCc2ccncc2)CCCC1. The first-order chi connectivity index (χ1) is 10.1. The number of aromatic nitrogens is 1. The lowest BCUT2D eigenvalue weighted by Crippen LogP contribution is -2.51. The third kappa shape index (κ3) is 4.73. The number of urea groups is 1. The van der Waals surface area contributed by atoms with Crippen LogP contribution in [0.25, 0.3) is 0 Å². The van der Waals surface area contributed by atoms with E-state index in [1.807, 2.05) is 12.1 Å². The number of carboxylic acids is 1. The van der Waals surface area contributed by atoms with E-state index in [0.29, 0.717) is 6.54 Å². The predicted octanol–water partition coefficient (Wildman–Crippen LogP) is 1.71. The number of nitrogens with zero attached hydrogens (tertiary/aromatic N) is 1. The molecule has 0 saturated heterocycles. The minimum absolute atomic E-state index is 0.00915. The molecular weight excluding hydrogens is 270 g/mol. The highest BCUT2D eigenvalue weighted by Gasteiger charge is 2.37. The molecule has 0 unspecified atom stereocenters. The highest BCUT2D eigenvalue weighted by atomic mass is 16.4. The summed E-state index contributed by atoms with van der Waals surface area (Å²) in [5.41, 5.74) is 0.526. The van der Waals surface area contributed by atoms with Crippen molar-refractivity contribution < 1.29 is 14.7 Å². The van der Waals surface area contributed by atoms with Crippen LogP contribution in [-0.4, -0.2) is 34.2 Å². The van der Waals surface area contributed by atoms with Crippen LogP contribution in [-0.2, 0) is 11.2 Å². The summed E-state index contributed by atoms with van der Waals surface area (Å²) in [6, 6.07) is 3.53. The van der Waals surface area contributed by atoms with Gasteiger partial charge in [-0.1, -0.05) is 12.8 Å². The smallest absolute Gasteiger partial charge is 0.315 e. The van der Waals surface area contributed by atoms with Gasteiger partial charge in [0.15, 0.2) is 0 Å². The van der Waals surface area contributed by atoms with Crippen molar-refractivity contribution in [3.8, 4) is 0 Å². The molecule has 1 aromatic rings. The van der Waals surface area contributed by atoms with E-state index in [0.717, 1.165) is 37.7 Å². The zero-order valence-corrected chi connectivity index (χ0v) is 12.0. The molecule has 0 bridgehead atoms. The number of hydrogen-bond donors (Lipinski definition) is 3. The van der Waals surface area contributed by atoms with Gasteiger partial charge in [-0.2, -0.15) is 0 Å². The van der Waals surface area contributed by atoms with E-state index in [4.69, 9.17) is 5.11 Å². The Morgan fingerprint density at radius 1 is 1.24 bits per heavy atom. The fourth-order valence-corrected chi connectivity index (χ4v) is 2.84. The van der Waals surface area contributed by atoms with E-state index < -0.39 is 11.5 Å². The Kier molecular flexibility index (Phi) is 5.14. The number of carbonyl (C=O) groups is 2. The monoisotopic (exact) mass is 291 g/mol. The summed E-state index contributed by atoms with van der Waals surface area (Å²) in [4.78, 5) is 26.9. The second-order valence-corrected chi connectivity index (χ2v) is 5.54. The molecule has 114 valence electrons. The van der Waals surface area contributed by atoms with E-state index in [1.165, 1.54) is 0 Å². The molecule has 21 heavy (non-hydrogen) atoms. The van der Waals surface area contributed by atoms with Crippen LogP contribution in [0.3, 0.4) is 0 Å². The molecule has 1 heterocycles. The third-order valence-electron chi connectivity index (χ3n) is 3.88. The molecule has 1 saturated carbocycles. The van der Waals surface area contributed by atoms with Crippen molar-refractivity contribution in [3.63, 3.8) is 0 Å². The van der Waals surface area contributed by atoms with Gasteiger partial charge in [0.1, 0.15) is 0 Å². The van der Waals surface area contributed by atoms with E-state index >= 15 is 0 Å². The first-order valence-corrected chi connectivity index (χ1v) is 7.26. The lowest BCUT2D eigenvalue weighted by atomic mass is 9.93. The molecule has 0 radical (unpaired) electrons. The van der Waals surface area contributed by atoms with Crippen molar-refractivity contribution in [2.75, 3.05) is 6.54 Å². The van der Waals surface area contributed by atoms with Crippen molar-refractivity contribution in [2.45, 2.75) is 44.1 Å². The maximum atomic E-state index is 11.9. The van der Waals surface area contributed by atoms with Crippen molar-refractivity contribution in [1.29, 1.82) is 0 Å². The average molecular weight is 291 g/mol. The number of hydrogen-bond acceptors (Lipinski definition) is 3. The summed E-state index contributed by atoms with van der Waals surface area (Å²) < 4.78 is 0. The maximum absolute atomic E-state index is 11.9. The van der Waals surface area contributed by atoms with Gasteiger partial charge < -0.3 is 15.7 Å². The zero-order chi connectivity index (χ0) is 15.1. The van der Waals surface area contributed by atoms with Gasteiger partial charge in [0.25, 0.3) is 0 Å². The normalized spacial score (nSPS) is 16.4. The van der Waals surface area contributed by atoms with Gasteiger partial charge in [-0.3, -0.25) is 9.78 Å². The van der Waals surface area contributed by atoms with Gasteiger partial charge in [0.2, 0.25) is 0 Å².